The van der Waals surface area contributed by atoms with Crippen LogP contribution in [0.1, 0.15) is 11.1 Å². The van der Waals surface area contributed by atoms with Crippen LogP contribution in [0.15, 0.2) is 53.4 Å². The Morgan fingerprint density at radius 2 is 1.88 bits per heavy atom. The van der Waals surface area contributed by atoms with Gasteiger partial charge in [-0.25, -0.2) is 13.6 Å². The zero-order valence-electron chi connectivity index (χ0n) is 13.1. The number of hydrogen-bond acceptors (Lipinski definition) is 4. The average molecular weight is 345 g/mol. The van der Waals surface area contributed by atoms with E-state index in [1.54, 1.807) is 12.1 Å². The van der Waals surface area contributed by atoms with Gasteiger partial charge in [0.2, 0.25) is 15.9 Å². The van der Waals surface area contributed by atoms with Gasteiger partial charge in [0.15, 0.2) is 0 Å². The molecule has 0 radical (unpaired) electrons. The van der Waals surface area contributed by atoms with Crippen molar-refractivity contribution in [3.63, 3.8) is 0 Å². The summed E-state index contributed by atoms with van der Waals surface area (Å²) in [6.45, 7) is 1.82. The smallest absolute Gasteiger partial charge is 0.238 e. The van der Waals surface area contributed by atoms with Gasteiger partial charge in [0.05, 0.1) is 11.4 Å². The van der Waals surface area contributed by atoms with Gasteiger partial charge in [-0.3, -0.25) is 9.69 Å². The fraction of sp³-hybridized carbons (Fsp3) is 0.235. The highest BCUT2D eigenvalue weighted by Crippen LogP contribution is 2.18. The molecule has 0 atom stereocenters. The molecule has 3 N–H and O–H groups in total. The monoisotopic (exact) mass is 345 g/mol. The number of carbonyl (C=O) groups excluding carboxylic acids is 1. The minimum absolute atomic E-state index is 0.0211. The molecule has 6 nitrogen and oxygen atoms in total. The molecule has 0 fully saturated rings. The van der Waals surface area contributed by atoms with Crippen LogP contribution in [-0.4, -0.2) is 32.3 Å². The highest BCUT2D eigenvalue weighted by molar-refractivity contribution is 7.89. The number of carbonyl (C=O) groups is 1. The van der Waals surface area contributed by atoms with Gasteiger partial charge in [0.1, 0.15) is 0 Å². The molecular weight excluding hydrogens is 326 g/mol. The molecule has 0 bridgehead atoms. The van der Waals surface area contributed by atoms with E-state index in [2.05, 4.69) is 22.3 Å². The molecule has 1 aliphatic rings. The molecule has 2 aromatic carbocycles. The first kappa shape index (κ1) is 16.6. The summed E-state index contributed by atoms with van der Waals surface area (Å²) in [5.74, 6) is -0.180. The minimum atomic E-state index is -3.78. The van der Waals surface area contributed by atoms with Gasteiger partial charge >= 0.3 is 0 Å². The third-order valence-corrected chi connectivity index (χ3v) is 4.93. The Labute approximate surface area is 141 Å². The fourth-order valence-electron chi connectivity index (χ4n) is 2.84. The summed E-state index contributed by atoms with van der Waals surface area (Å²) in [5, 5.41) is 7.83. The molecule has 24 heavy (non-hydrogen) atoms. The summed E-state index contributed by atoms with van der Waals surface area (Å²) >= 11 is 0. The van der Waals surface area contributed by atoms with Crippen molar-refractivity contribution >= 4 is 21.6 Å². The maximum absolute atomic E-state index is 12.2. The van der Waals surface area contributed by atoms with E-state index in [0.717, 1.165) is 19.5 Å². The van der Waals surface area contributed by atoms with E-state index < -0.39 is 10.0 Å². The number of primary sulfonamides is 1. The van der Waals surface area contributed by atoms with Crippen LogP contribution >= 0.6 is 0 Å². The number of hydrogen-bond donors (Lipinski definition) is 2. The lowest BCUT2D eigenvalue weighted by Crippen LogP contribution is -2.37. The van der Waals surface area contributed by atoms with Crippen LogP contribution in [0.5, 0.6) is 0 Å². The first-order valence-electron chi connectivity index (χ1n) is 7.64. The fourth-order valence-corrected chi connectivity index (χ4v) is 3.40. The second-order valence-corrected chi connectivity index (χ2v) is 7.41. The quantitative estimate of drug-likeness (QED) is 0.874. The number of rotatable bonds is 4. The normalized spacial score (nSPS) is 14.9. The standard InChI is InChI=1S/C17H19N3O3S/c18-24(22,23)16-7-3-6-15(10-16)19-17(21)12-20-9-8-13-4-1-2-5-14(13)11-20/h1-7,10H,8-9,11-12H2,(H,19,21)(H2,18,22,23). The highest BCUT2D eigenvalue weighted by atomic mass is 32.2. The van der Waals surface area contributed by atoms with Crippen molar-refractivity contribution in [2.75, 3.05) is 18.4 Å². The lowest BCUT2D eigenvalue weighted by molar-refractivity contribution is -0.117. The van der Waals surface area contributed by atoms with Crippen molar-refractivity contribution in [1.29, 1.82) is 0 Å². The second kappa shape index (κ2) is 6.72. The molecular formula is C17H19N3O3S. The third-order valence-electron chi connectivity index (χ3n) is 4.02. The molecule has 0 saturated heterocycles. The maximum atomic E-state index is 12.2. The number of nitrogens with two attached hydrogens (primary N) is 1. The number of sulfonamides is 1. The number of nitrogens with one attached hydrogen (secondary N) is 1. The molecule has 0 aliphatic carbocycles. The molecule has 1 heterocycles. The van der Waals surface area contributed by atoms with Gasteiger partial charge in [-0.05, 0) is 35.7 Å². The van der Waals surface area contributed by atoms with Gasteiger partial charge in [0, 0.05) is 18.8 Å². The van der Waals surface area contributed by atoms with E-state index in [1.807, 2.05) is 12.1 Å². The number of nitrogens with zero attached hydrogens (tertiary/aromatic N) is 1. The topological polar surface area (TPSA) is 92.5 Å². The largest absolute Gasteiger partial charge is 0.325 e. The zero-order valence-corrected chi connectivity index (χ0v) is 13.9. The van der Waals surface area contributed by atoms with E-state index in [0.29, 0.717) is 5.69 Å². The van der Waals surface area contributed by atoms with Crippen LogP contribution in [-0.2, 0) is 27.8 Å². The van der Waals surface area contributed by atoms with Crippen molar-refractivity contribution in [3.05, 3.63) is 59.7 Å². The first-order valence-corrected chi connectivity index (χ1v) is 9.18. The Morgan fingerprint density at radius 1 is 1.12 bits per heavy atom. The number of fused-ring (bicyclic) bond motifs is 1. The summed E-state index contributed by atoms with van der Waals surface area (Å²) < 4.78 is 22.7. The maximum Gasteiger partial charge on any atom is 0.238 e. The first-order chi connectivity index (χ1) is 11.4. The van der Waals surface area contributed by atoms with Gasteiger partial charge in [-0.2, -0.15) is 0 Å². The third kappa shape index (κ3) is 4.00. The molecule has 126 valence electrons. The summed E-state index contributed by atoms with van der Waals surface area (Å²) in [4.78, 5) is 14.3. The zero-order chi connectivity index (χ0) is 17.2. The lowest BCUT2D eigenvalue weighted by atomic mass is 10.00. The molecule has 0 unspecified atom stereocenters. The highest BCUT2D eigenvalue weighted by Gasteiger charge is 2.18. The van der Waals surface area contributed by atoms with E-state index in [9.17, 15) is 13.2 Å². The van der Waals surface area contributed by atoms with E-state index >= 15 is 0 Å². The molecule has 0 saturated carbocycles. The van der Waals surface area contributed by atoms with E-state index in [4.69, 9.17) is 5.14 Å². The molecule has 1 amide bonds. The van der Waals surface area contributed by atoms with Crippen molar-refractivity contribution in [1.82, 2.24) is 4.90 Å². The van der Waals surface area contributed by atoms with Crippen molar-refractivity contribution in [2.24, 2.45) is 5.14 Å². The lowest BCUT2D eigenvalue weighted by Gasteiger charge is -2.28. The second-order valence-electron chi connectivity index (χ2n) is 5.85. The Kier molecular flexibility index (Phi) is 4.66. The van der Waals surface area contributed by atoms with Crippen LogP contribution in [0.4, 0.5) is 5.69 Å². The Balaban J connectivity index is 1.63. The van der Waals surface area contributed by atoms with Gasteiger partial charge in [0.25, 0.3) is 0 Å². The predicted molar refractivity (Wildman–Crippen MR) is 91.9 cm³/mol. The molecule has 2 aromatic rings. The summed E-state index contributed by atoms with van der Waals surface area (Å²) in [5.41, 5.74) is 2.99. The number of anilines is 1. The van der Waals surface area contributed by atoms with Crippen LogP contribution in [0.25, 0.3) is 0 Å². The molecule has 3 rings (SSSR count). The van der Waals surface area contributed by atoms with Gasteiger partial charge in [-0.15, -0.1) is 0 Å². The Bertz CT molecular complexity index is 865. The Morgan fingerprint density at radius 3 is 2.62 bits per heavy atom. The SMILES string of the molecule is NS(=O)(=O)c1cccc(NC(=O)CN2CCc3ccccc3C2)c1. The van der Waals surface area contributed by atoms with Crippen molar-refractivity contribution < 1.29 is 13.2 Å². The average Bonchev–Trinajstić information content (AvgIpc) is 2.54. The number of amides is 1. The summed E-state index contributed by atoms with van der Waals surface area (Å²) in [7, 11) is -3.78. The van der Waals surface area contributed by atoms with Crippen LogP contribution in [0.2, 0.25) is 0 Å². The summed E-state index contributed by atoms with van der Waals surface area (Å²) in [6, 6.07) is 14.2. The number of benzene rings is 2. The predicted octanol–water partition coefficient (Wildman–Crippen LogP) is 1.33. The van der Waals surface area contributed by atoms with Crippen molar-refractivity contribution in [2.45, 2.75) is 17.9 Å². The molecule has 0 spiro atoms. The van der Waals surface area contributed by atoms with Crippen LogP contribution < -0.4 is 10.5 Å². The van der Waals surface area contributed by atoms with E-state index in [1.165, 1.54) is 23.3 Å². The molecule has 7 heteroatoms. The van der Waals surface area contributed by atoms with Crippen molar-refractivity contribution in [3.8, 4) is 0 Å². The minimum Gasteiger partial charge on any atom is -0.325 e. The van der Waals surface area contributed by atoms with Crippen LogP contribution in [0, 0.1) is 0 Å². The van der Waals surface area contributed by atoms with Gasteiger partial charge in [-0.1, -0.05) is 30.3 Å². The molecule has 1 aliphatic heterocycles. The summed E-state index contributed by atoms with van der Waals surface area (Å²) in [6.07, 6.45) is 0.921. The Hall–Kier alpha value is -2.22. The molecule has 0 aromatic heterocycles. The van der Waals surface area contributed by atoms with E-state index in [-0.39, 0.29) is 17.3 Å². The van der Waals surface area contributed by atoms with Gasteiger partial charge < -0.3 is 5.32 Å². The van der Waals surface area contributed by atoms with Crippen LogP contribution in [0.3, 0.4) is 0 Å².